The van der Waals surface area contributed by atoms with Gasteiger partial charge in [0.15, 0.2) is 5.84 Å². The van der Waals surface area contributed by atoms with Gasteiger partial charge in [-0.25, -0.2) is 9.98 Å². The van der Waals surface area contributed by atoms with Crippen LogP contribution in [0.25, 0.3) is 0 Å². The molecular formula is C19H21N5O3. The zero-order valence-corrected chi connectivity index (χ0v) is 15.2. The van der Waals surface area contributed by atoms with Crippen molar-refractivity contribution < 1.29 is 14.7 Å². The highest BCUT2D eigenvalue weighted by molar-refractivity contribution is 6.07. The molecule has 1 aromatic carbocycles. The van der Waals surface area contributed by atoms with Gasteiger partial charge in [-0.3, -0.25) is 20.0 Å². The van der Waals surface area contributed by atoms with Crippen molar-refractivity contribution in [1.82, 2.24) is 15.8 Å². The summed E-state index contributed by atoms with van der Waals surface area (Å²) in [6, 6.07) is 5.69. The summed E-state index contributed by atoms with van der Waals surface area (Å²) in [7, 11) is 0. The number of benzene rings is 1. The highest BCUT2D eigenvalue weighted by Crippen LogP contribution is 2.31. The predicted molar refractivity (Wildman–Crippen MR) is 101 cm³/mol. The number of aryl methyl sites for hydroxylation is 1. The number of aliphatic imine (C=N–C) groups is 2. The lowest BCUT2D eigenvalue weighted by molar-refractivity contribution is -0.140. The molecule has 1 fully saturated rings. The van der Waals surface area contributed by atoms with E-state index >= 15 is 0 Å². The maximum absolute atomic E-state index is 12.3. The number of nitrogens with one attached hydrogen (secondary N) is 2. The molecule has 27 heavy (non-hydrogen) atoms. The molecule has 1 atom stereocenters. The minimum atomic E-state index is -0.870. The molecule has 0 saturated heterocycles. The topological polar surface area (TPSA) is 106 Å². The lowest BCUT2D eigenvalue weighted by Crippen LogP contribution is -2.41. The molecule has 3 aliphatic rings. The van der Waals surface area contributed by atoms with Crippen LogP contribution in [0.4, 0.5) is 5.69 Å². The number of carbonyl (C=O) groups excluding carboxylic acids is 1. The van der Waals surface area contributed by atoms with E-state index in [9.17, 15) is 14.7 Å². The van der Waals surface area contributed by atoms with Crippen molar-refractivity contribution >= 4 is 29.7 Å². The first-order valence-corrected chi connectivity index (χ1v) is 8.94. The number of carboxylic acids is 1. The Morgan fingerprint density at radius 2 is 2.11 bits per heavy atom. The number of carboxylic acid groups (broad SMARTS) is 1. The Bertz CT molecular complexity index is 914. The second-order valence-electron chi connectivity index (χ2n) is 7.10. The minimum absolute atomic E-state index is 0.100. The third-order valence-corrected chi connectivity index (χ3v) is 5.05. The van der Waals surface area contributed by atoms with Gasteiger partial charge in [-0.15, -0.1) is 0 Å². The Morgan fingerprint density at radius 3 is 2.81 bits per heavy atom. The number of aliphatic carboxylic acids is 1. The smallest absolute Gasteiger partial charge is 0.312 e. The molecule has 0 aromatic heterocycles. The fourth-order valence-corrected chi connectivity index (χ4v) is 3.25. The zero-order valence-electron chi connectivity index (χ0n) is 15.2. The quantitative estimate of drug-likeness (QED) is 0.752. The summed E-state index contributed by atoms with van der Waals surface area (Å²) in [6.07, 6.45) is 3.56. The Hall–Kier alpha value is -3.16. The Labute approximate surface area is 156 Å². The molecule has 140 valence electrons. The van der Waals surface area contributed by atoms with Crippen LogP contribution in [0.5, 0.6) is 0 Å². The Kier molecular flexibility index (Phi) is 4.18. The van der Waals surface area contributed by atoms with Crippen LogP contribution in [0.1, 0.15) is 35.7 Å². The van der Waals surface area contributed by atoms with Crippen molar-refractivity contribution in [2.45, 2.75) is 32.7 Å². The fraction of sp³-hybridized carbons (Fsp3) is 0.368. The highest BCUT2D eigenvalue weighted by Gasteiger charge is 2.37. The van der Waals surface area contributed by atoms with E-state index < -0.39 is 11.9 Å². The molecule has 1 aromatic rings. The molecule has 2 aliphatic heterocycles. The number of amidine groups is 1. The van der Waals surface area contributed by atoms with E-state index in [0.717, 1.165) is 18.4 Å². The van der Waals surface area contributed by atoms with Gasteiger partial charge in [-0.05, 0) is 50.0 Å². The lowest BCUT2D eigenvalue weighted by atomic mass is 10.0. The summed E-state index contributed by atoms with van der Waals surface area (Å²) in [5.41, 5.74) is 6.47. The third-order valence-electron chi connectivity index (χ3n) is 5.05. The SMILES string of the molecule is CC1=C2C(=Nc3cc(C(=O)NC4CC4)ccc3C)N=CNN2CC1C(=O)O. The summed E-state index contributed by atoms with van der Waals surface area (Å²) >= 11 is 0. The molecular weight excluding hydrogens is 346 g/mol. The average molecular weight is 367 g/mol. The number of hydrogen-bond acceptors (Lipinski definition) is 5. The van der Waals surface area contributed by atoms with E-state index in [-0.39, 0.29) is 11.9 Å². The van der Waals surface area contributed by atoms with E-state index in [4.69, 9.17) is 0 Å². The number of hydrogen-bond donors (Lipinski definition) is 3. The molecule has 4 rings (SSSR count). The maximum Gasteiger partial charge on any atom is 0.312 e. The summed E-state index contributed by atoms with van der Waals surface area (Å²) in [5, 5.41) is 14.1. The van der Waals surface area contributed by atoms with Gasteiger partial charge in [0.1, 0.15) is 12.0 Å². The van der Waals surface area contributed by atoms with Gasteiger partial charge in [0.25, 0.3) is 5.91 Å². The lowest BCUT2D eigenvalue weighted by Gasteiger charge is -2.25. The summed E-state index contributed by atoms with van der Waals surface area (Å²) in [5.74, 6) is -1.13. The van der Waals surface area contributed by atoms with Crippen LogP contribution in [0, 0.1) is 12.8 Å². The molecule has 0 bridgehead atoms. The van der Waals surface area contributed by atoms with Crippen LogP contribution in [-0.4, -0.2) is 46.8 Å². The number of fused-ring (bicyclic) bond motifs is 1. The van der Waals surface area contributed by atoms with Crippen LogP contribution in [-0.2, 0) is 4.79 Å². The minimum Gasteiger partial charge on any atom is -0.481 e. The number of hydrazine groups is 1. The summed E-state index contributed by atoms with van der Waals surface area (Å²) in [6.45, 7) is 4.03. The number of rotatable bonds is 4. The van der Waals surface area contributed by atoms with E-state index in [0.29, 0.717) is 34.9 Å². The van der Waals surface area contributed by atoms with Gasteiger partial charge in [-0.2, -0.15) is 0 Å². The summed E-state index contributed by atoms with van der Waals surface area (Å²) in [4.78, 5) is 32.7. The molecule has 1 saturated carbocycles. The molecule has 8 heteroatoms. The summed E-state index contributed by atoms with van der Waals surface area (Å²) < 4.78 is 0. The van der Waals surface area contributed by atoms with Gasteiger partial charge in [-0.1, -0.05) is 6.07 Å². The molecule has 1 aliphatic carbocycles. The molecule has 3 N–H and O–H groups in total. The second kappa shape index (κ2) is 6.53. The van der Waals surface area contributed by atoms with E-state index in [1.807, 2.05) is 13.0 Å². The predicted octanol–water partition coefficient (Wildman–Crippen LogP) is 1.75. The van der Waals surface area contributed by atoms with Crippen LogP contribution >= 0.6 is 0 Å². The molecule has 1 unspecified atom stereocenters. The molecule has 0 radical (unpaired) electrons. The number of amides is 1. The van der Waals surface area contributed by atoms with Crippen molar-refractivity contribution in [1.29, 1.82) is 0 Å². The van der Waals surface area contributed by atoms with Crippen molar-refractivity contribution in [3.63, 3.8) is 0 Å². The van der Waals surface area contributed by atoms with Crippen molar-refractivity contribution in [2.24, 2.45) is 15.9 Å². The van der Waals surface area contributed by atoms with Crippen LogP contribution in [0.2, 0.25) is 0 Å². The fourth-order valence-electron chi connectivity index (χ4n) is 3.25. The van der Waals surface area contributed by atoms with Crippen molar-refractivity contribution in [3.8, 4) is 0 Å². The standard InChI is InChI=1S/C19H21N5O3/c1-10-3-4-12(18(25)22-13-5-6-13)7-15(10)23-17-16-11(2)14(19(26)27)8-24(16)21-9-20-17/h3-4,7,9,13-14H,5-6,8H2,1-2H3,(H,22,25)(H,26,27)(H,20,21,23). The first-order chi connectivity index (χ1) is 12.9. The van der Waals surface area contributed by atoms with Gasteiger partial charge >= 0.3 is 5.97 Å². The van der Waals surface area contributed by atoms with Gasteiger partial charge in [0, 0.05) is 11.6 Å². The first-order valence-electron chi connectivity index (χ1n) is 8.94. The van der Waals surface area contributed by atoms with Crippen LogP contribution < -0.4 is 10.7 Å². The molecule has 0 spiro atoms. The van der Waals surface area contributed by atoms with Crippen molar-refractivity contribution in [3.05, 3.63) is 40.6 Å². The third kappa shape index (κ3) is 3.30. The average Bonchev–Trinajstić information content (AvgIpc) is 3.38. The molecule has 8 nitrogen and oxygen atoms in total. The van der Waals surface area contributed by atoms with Gasteiger partial charge < -0.3 is 10.4 Å². The Balaban J connectivity index is 1.69. The molecule has 2 heterocycles. The van der Waals surface area contributed by atoms with Crippen molar-refractivity contribution in [2.75, 3.05) is 6.54 Å². The maximum atomic E-state index is 12.3. The first kappa shape index (κ1) is 17.3. The number of carbonyl (C=O) groups is 2. The number of nitrogens with zero attached hydrogens (tertiary/aromatic N) is 3. The van der Waals surface area contributed by atoms with E-state index in [1.165, 1.54) is 6.34 Å². The van der Waals surface area contributed by atoms with E-state index in [1.54, 1.807) is 24.1 Å². The zero-order chi connectivity index (χ0) is 19.1. The monoisotopic (exact) mass is 367 g/mol. The van der Waals surface area contributed by atoms with Crippen LogP contribution in [0.15, 0.2) is 39.5 Å². The largest absolute Gasteiger partial charge is 0.481 e. The Morgan fingerprint density at radius 1 is 1.33 bits per heavy atom. The van der Waals surface area contributed by atoms with Crippen LogP contribution in [0.3, 0.4) is 0 Å². The second-order valence-corrected chi connectivity index (χ2v) is 7.10. The molecule has 1 amide bonds. The van der Waals surface area contributed by atoms with E-state index in [2.05, 4.69) is 20.7 Å². The van der Waals surface area contributed by atoms with Gasteiger partial charge in [0.2, 0.25) is 0 Å². The normalized spacial score (nSPS) is 22.7. The highest BCUT2D eigenvalue weighted by atomic mass is 16.4. The van der Waals surface area contributed by atoms with Gasteiger partial charge in [0.05, 0.1) is 18.2 Å².